The SMILES string of the molecule is O=C(c1ccoc1)N1CCC(NS(=O)(=O)Cc2ccc(F)cc2)CC1. The van der Waals surface area contributed by atoms with Crippen molar-refractivity contribution < 1.29 is 22.0 Å². The van der Waals surface area contributed by atoms with Gasteiger partial charge in [-0.25, -0.2) is 17.5 Å². The smallest absolute Gasteiger partial charge is 0.257 e. The molecule has 1 N–H and O–H groups in total. The summed E-state index contributed by atoms with van der Waals surface area (Å²) in [4.78, 5) is 13.9. The van der Waals surface area contributed by atoms with Gasteiger partial charge in [-0.1, -0.05) is 12.1 Å². The van der Waals surface area contributed by atoms with Crippen LogP contribution in [0.1, 0.15) is 28.8 Å². The Labute approximate surface area is 145 Å². The highest BCUT2D eigenvalue weighted by Gasteiger charge is 2.26. The van der Waals surface area contributed by atoms with E-state index in [4.69, 9.17) is 4.42 Å². The van der Waals surface area contributed by atoms with Crippen molar-refractivity contribution in [3.8, 4) is 0 Å². The molecule has 8 heteroatoms. The molecule has 0 spiro atoms. The van der Waals surface area contributed by atoms with Gasteiger partial charge in [0.2, 0.25) is 10.0 Å². The van der Waals surface area contributed by atoms with Crippen molar-refractivity contribution in [2.45, 2.75) is 24.6 Å². The van der Waals surface area contributed by atoms with Gasteiger partial charge in [0, 0.05) is 19.1 Å². The Morgan fingerprint density at radius 1 is 1.20 bits per heavy atom. The summed E-state index contributed by atoms with van der Waals surface area (Å²) in [5.41, 5.74) is 1.02. The fourth-order valence-electron chi connectivity index (χ4n) is 2.86. The number of carbonyl (C=O) groups is 1. The third-order valence-electron chi connectivity index (χ3n) is 4.17. The van der Waals surface area contributed by atoms with Crippen molar-refractivity contribution in [2.75, 3.05) is 13.1 Å². The molecule has 0 radical (unpaired) electrons. The Morgan fingerprint density at radius 2 is 1.88 bits per heavy atom. The van der Waals surface area contributed by atoms with E-state index in [1.807, 2.05) is 0 Å². The number of benzene rings is 1. The van der Waals surface area contributed by atoms with Crippen molar-refractivity contribution in [3.63, 3.8) is 0 Å². The summed E-state index contributed by atoms with van der Waals surface area (Å²) in [6.07, 6.45) is 3.95. The maximum Gasteiger partial charge on any atom is 0.257 e. The summed E-state index contributed by atoms with van der Waals surface area (Å²) in [5, 5.41) is 0. The molecule has 0 saturated carbocycles. The summed E-state index contributed by atoms with van der Waals surface area (Å²) in [5.74, 6) is -0.702. The van der Waals surface area contributed by atoms with Gasteiger partial charge >= 0.3 is 0 Å². The molecule has 0 unspecified atom stereocenters. The van der Waals surface area contributed by atoms with Crippen LogP contribution in [0.25, 0.3) is 0 Å². The predicted molar refractivity (Wildman–Crippen MR) is 89.8 cm³/mol. The minimum atomic E-state index is -3.52. The molecular weight excluding hydrogens is 347 g/mol. The monoisotopic (exact) mass is 366 g/mol. The van der Waals surface area contributed by atoms with Crippen LogP contribution in [0.4, 0.5) is 4.39 Å². The summed E-state index contributed by atoms with van der Waals surface area (Å²) in [6, 6.07) is 6.80. The standard InChI is InChI=1S/C17H19FN2O4S/c18-15-3-1-13(2-4-15)12-25(22,23)19-16-5-8-20(9-6-16)17(21)14-7-10-24-11-14/h1-4,7,10-11,16,19H,5-6,8-9,12H2. The molecule has 1 aliphatic heterocycles. The third-order valence-corrected chi connectivity index (χ3v) is 5.57. The number of halogens is 1. The van der Waals surface area contributed by atoms with E-state index in [0.717, 1.165) is 0 Å². The first-order chi connectivity index (χ1) is 11.9. The quantitative estimate of drug-likeness (QED) is 0.879. The van der Waals surface area contributed by atoms with Crippen LogP contribution in [-0.2, 0) is 15.8 Å². The normalized spacial score (nSPS) is 16.1. The van der Waals surface area contributed by atoms with E-state index in [1.165, 1.54) is 36.8 Å². The molecule has 6 nitrogen and oxygen atoms in total. The molecule has 2 aromatic rings. The molecule has 134 valence electrons. The number of nitrogens with zero attached hydrogens (tertiary/aromatic N) is 1. The fourth-order valence-corrected chi connectivity index (χ4v) is 4.32. The number of piperidine rings is 1. The van der Waals surface area contributed by atoms with Gasteiger partial charge in [-0.15, -0.1) is 0 Å². The number of furan rings is 1. The van der Waals surface area contributed by atoms with E-state index in [9.17, 15) is 17.6 Å². The van der Waals surface area contributed by atoms with Crippen molar-refractivity contribution in [1.29, 1.82) is 0 Å². The highest BCUT2D eigenvalue weighted by Crippen LogP contribution is 2.16. The molecule has 1 aromatic carbocycles. The van der Waals surface area contributed by atoms with Crippen LogP contribution in [0.15, 0.2) is 47.3 Å². The van der Waals surface area contributed by atoms with Gasteiger partial charge in [-0.2, -0.15) is 0 Å². The molecule has 0 atom stereocenters. The minimum absolute atomic E-state index is 0.110. The number of hydrogen-bond donors (Lipinski definition) is 1. The van der Waals surface area contributed by atoms with Gasteiger partial charge in [0.1, 0.15) is 12.1 Å². The van der Waals surface area contributed by atoms with Crippen LogP contribution in [0.2, 0.25) is 0 Å². The predicted octanol–water partition coefficient (Wildman–Crippen LogP) is 2.14. The van der Waals surface area contributed by atoms with E-state index >= 15 is 0 Å². The zero-order valence-electron chi connectivity index (χ0n) is 13.5. The fraction of sp³-hybridized carbons (Fsp3) is 0.353. The van der Waals surface area contributed by atoms with Gasteiger partial charge < -0.3 is 9.32 Å². The second-order valence-corrected chi connectivity index (χ2v) is 7.84. The zero-order chi connectivity index (χ0) is 17.9. The summed E-state index contributed by atoms with van der Waals surface area (Å²) < 4.78 is 45.0. The Balaban J connectivity index is 1.52. The first kappa shape index (κ1) is 17.6. The summed E-state index contributed by atoms with van der Waals surface area (Å²) in [6.45, 7) is 0.960. The topological polar surface area (TPSA) is 79.6 Å². The Bertz CT molecular complexity index is 811. The zero-order valence-corrected chi connectivity index (χ0v) is 14.3. The molecule has 1 saturated heterocycles. The molecule has 1 aliphatic rings. The van der Waals surface area contributed by atoms with Crippen LogP contribution in [0, 0.1) is 5.82 Å². The van der Waals surface area contributed by atoms with Crippen LogP contribution in [-0.4, -0.2) is 38.4 Å². The van der Waals surface area contributed by atoms with Crippen molar-refractivity contribution >= 4 is 15.9 Å². The van der Waals surface area contributed by atoms with Gasteiger partial charge in [0.15, 0.2) is 0 Å². The maximum absolute atomic E-state index is 12.9. The van der Waals surface area contributed by atoms with Crippen LogP contribution in [0.5, 0.6) is 0 Å². The lowest BCUT2D eigenvalue weighted by Gasteiger charge is -2.32. The lowest BCUT2D eigenvalue weighted by molar-refractivity contribution is 0.0710. The Kier molecular flexibility index (Phi) is 5.19. The van der Waals surface area contributed by atoms with Crippen molar-refractivity contribution in [2.24, 2.45) is 0 Å². The number of carbonyl (C=O) groups excluding carboxylic acids is 1. The van der Waals surface area contributed by atoms with E-state index in [0.29, 0.717) is 37.1 Å². The lowest BCUT2D eigenvalue weighted by atomic mass is 10.1. The second kappa shape index (κ2) is 7.37. The van der Waals surface area contributed by atoms with Gasteiger partial charge in [0.05, 0.1) is 17.6 Å². The Morgan fingerprint density at radius 3 is 2.48 bits per heavy atom. The summed E-state index contributed by atoms with van der Waals surface area (Å²) in [7, 11) is -3.52. The Hall–Kier alpha value is -2.19. The maximum atomic E-state index is 12.9. The number of nitrogens with one attached hydrogen (secondary N) is 1. The highest BCUT2D eigenvalue weighted by molar-refractivity contribution is 7.88. The molecule has 25 heavy (non-hydrogen) atoms. The molecule has 0 aliphatic carbocycles. The minimum Gasteiger partial charge on any atom is -0.472 e. The lowest BCUT2D eigenvalue weighted by Crippen LogP contribution is -2.46. The van der Waals surface area contributed by atoms with E-state index in [-0.39, 0.29) is 17.7 Å². The molecule has 3 rings (SSSR count). The highest BCUT2D eigenvalue weighted by atomic mass is 32.2. The van der Waals surface area contributed by atoms with Crippen molar-refractivity contribution in [3.05, 3.63) is 59.8 Å². The number of hydrogen-bond acceptors (Lipinski definition) is 4. The number of likely N-dealkylation sites (tertiary alicyclic amines) is 1. The second-order valence-electron chi connectivity index (χ2n) is 6.08. The largest absolute Gasteiger partial charge is 0.472 e. The number of sulfonamides is 1. The van der Waals surface area contributed by atoms with E-state index in [2.05, 4.69) is 4.72 Å². The molecule has 1 aromatic heterocycles. The van der Waals surface area contributed by atoms with Gasteiger partial charge in [-0.05, 0) is 36.6 Å². The average Bonchev–Trinajstić information content (AvgIpc) is 3.11. The van der Waals surface area contributed by atoms with E-state index < -0.39 is 15.8 Å². The van der Waals surface area contributed by atoms with Gasteiger partial charge in [-0.3, -0.25) is 4.79 Å². The third kappa shape index (κ3) is 4.67. The van der Waals surface area contributed by atoms with E-state index in [1.54, 1.807) is 11.0 Å². The molecule has 2 heterocycles. The first-order valence-electron chi connectivity index (χ1n) is 7.99. The van der Waals surface area contributed by atoms with Crippen LogP contribution in [0.3, 0.4) is 0 Å². The van der Waals surface area contributed by atoms with Crippen molar-refractivity contribution in [1.82, 2.24) is 9.62 Å². The van der Waals surface area contributed by atoms with Crippen LogP contribution < -0.4 is 4.72 Å². The molecule has 1 amide bonds. The molecule has 0 bridgehead atoms. The van der Waals surface area contributed by atoms with Crippen LogP contribution >= 0.6 is 0 Å². The number of amides is 1. The first-order valence-corrected chi connectivity index (χ1v) is 9.64. The molecular formula is C17H19FN2O4S. The average molecular weight is 366 g/mol. The molecule has 1 fully saturated rings. The number of rotatable bonds is 5. The summed E-state index contributed by atoms with van der Waals surface area (Å²) >= 11 is 0. The van der Waals surface area contributed by atoms with Gasteiger partial charge in [0.25, 0.3) is 5.91 Å².